The maximum Gasteiger partial charge on any atom is 0.193 e. The molecule has 0 bridgehead atoms. The third kappa shape index (κ3) is 2.25. The summed E-state index contributed by atoms with van der Waals surface area (Å²) in [5, 5.41) is 8.58. The van der Waals surface area contributed by atoms with Crippen LogP contribution in [0.2, 0.25) is 0 Å². The summed E-state index contributed by atoms with van der Waals surface area (Å²) in [6.07, 6.45) is 1.67. The molecular weight excluding hydrogens is 228 g/mol. The van der Waals surface area contributed by atoms with E-state index < -0.39 is 0 Å². The molecule has 0 amide bonds. The van der Waals surface area contributed by atoms with Gasteiger partial charge in [-0.15, -0.1) is 0 Å². The summed E-state index contributed by atoms with van der Waals surface area (Å²) in [5.74, 6) is 0.533. The Hall–Kier alpha value is -2.54. The normalized spacial score (nSPS) is 9.78. The van der Waals surface area contributed by atoms with Crippen LogP contribution in [0.15, 0.2) is 42.6 Å². The van der Waals surface area contributed by atoms with E-state index in [1.807, 2.05) is 30.3 Å². The zero-order valence-corrected chi connectivity index (χ0v) is 9.96. The standard InChI is InChI=1S/C14H12N2O2/c1-18-12-5-2-4-11(10-12)16-9-3-6-13(16)14(17)7-8-15/h2-6,9-10H,7H2,1H3. The van der Waals surface area contributed by atoms with Crippen LogP contribution in [-0.2, 0) is 0 Å². The lowest BCUT2D eigenvalue weighted by Gasteiger charge is -2.09. The molecule has 18 heavy (non-hydrogen) atoms. The van der Waals surface area contributed by atoms with E-state index in [1.165, 1.54) is 0 Å². The van der Waals surface area contributed by atoms with Gasteiger partial charge in [-0.05, 0) is 24.3 Å². The smallest absolute Gasteiger partial charge is 0.193 e. The van der Waals surface area contributed by atoms with Crippen molar-refractivity contribution < 1.29 is 9.53 Å². The highest BCUT2D eigenvalue weighted by Crippen LogP contribution is 2.19. The summed E-state index contributed by atoms with van der Waals surface area (Å²) in [4.78, 5) is 11.8. The predicted octanol–water partition coefficient (Wildman–Crippen LogP) is 2.58. The summed E-state index contributed by atoms with van der Waals surface area (Å²) < 4.78 is 6.90. The zero-order valence-electron chi connectivity index (χ0n) is 9.96. The second-order valence-corrected chi connectivity index (χ2v) is 3.72. The molecule has 0 fully saturated rings. The fourth-order valence-corrected chi connectivity index (χ4v) is 1.76. The van der Waals surface area contributed by atoms with Crippen LogP contribution in [0.1, 0.15) is 16.9 Å². The number of ketones is 1. The lowest BCUT2D eigenvalue weighted by molar-refractivity contribution is 0.0991. The number of Topliss-reactive ketones (excluding diaryl/α,β-unsaturated/α-hetero) is 1. The van der Waals surface area contributed by atoms with Crippen LogP contribution < -0.4 is 4.74 Å². The Morgan fingerprint density at radius 2 is 2.22 bits per heavy atom. The Bertz CT molecular complexity index is 608. The van der Waals surface area contributed by atoms with Crippen LogP contribution >= 0.6 is 0 Å². The Labute approximate surface area is 105 Å². The molecule has 0 unspecified atom stereocenters. The minimum Gasteiger partial charge on any atom is -0.497 e. The van der Waals surface area contributed by atoms with Gasteiger partial charge in [0, 0.05) is 18.0 Å². The second-order valence-electron chi connectivity index (χ2n) is 3.72. The number of carbonyl (C=O) groups is 1. The first kappa shape index (κ1) is 11.9. The number of rotatable bonds is 4. The molecule has 0 aliphatic rings. The lowest BCUT2D eigenvalue weighted by atomic mass is 10.2. The number of nitriles is 1. The Morgan fingerprint density at radius 1 is 1.39 bits per heavy atom. The van der Waals surface area contributed by atoms with Gasteiger partial charge in [-0.25, -0.2) is 0 Å². The summed E-state index contributed by atoms with van der Waals surface area (Å²) in [6.45, 7) is 0. The van der Waals surface area contributed by atoms with E-state index in [0.29, 0.717) is 5.69 Å². The van der Waals surface area contributed by atoms with Crippen molar-refractivity contribution in [2.75, 3.05) is 7.11 Å². The van der Waals surface area contributed by atoms with Crippen molar-refractivity contribution in [3.63, 3.8) is 0 Å². The average molecular weight is 240 g/mol. The van der Waals surface area contributed by atoms with E-state index in [9.17, 15) is 4.79 Å². The van der Waals surface area contributed by atoms with Gasteiger partial charge in [0.2, 0.25) is 0 Å². The second kappa shape index (κ2) is 5.19. The molecule has 0 radical (unpaired) electrons. The molecule has 0 saturated carbocycles. The molecule has 4 heteroatoms. The quantitative estimate of drug-likeness (QED) is 0.772. The molecule has 90 valence electrons. The van der Waals surface area contributed by atoms with Crippen molar-refractivity contribution >= 4 is 5.78 Å². The van der Waals surface area contributed by atoms with Gasteiger partial charge in [-0.2, -0.15) is 5.26 Å². The van der Waals surface area contributed by atoms with E-state index in [-0.39, 0.29) is 12.2 Å². The molecule has 0 N–H and O–H groups in total. The van der Waals surface area contributed by atoms with E-state index >= 15 is 0 Å². The van der Waals surface area contributed by atoms with Crippen LogP contribution in [0.3, 0.4) is 0 Å². The average Bonchev–Trinajstić information content (AvgIpc) is 2.88. The summed E-state index contributed by atoms with van der Waals surface area (Å²) in [5.41, 5.74) is 1.34. The summed E-state index contributed by atoms with van der Waals surface area (Å²) >= 11 is 0. The molecule has 4 nitrogen and oxygen atoms in total. The van der Waals surface area contributed by atoms with Crippen LogP contribution in [-0.4, -0.2) is 17.5 Å². The van der Waals surface area contributed by atoms with Crippen LogP contribution in [0.25, 0.3) is 5.69 Å². The molecule has 2 rings (SSSR count). The van der Waals surface area contributed by atoms with Gasteiger partial charge in [0.05, 0.1) is 18.9 Å². The number of nitrogens with zero attached hydrogens (tertiary/aromatic N) is 2. The first-order chi connectivity index (χ1) is 8.76. The highest BCUT2D eigenvalue weighted by atomic mass is 16.5. The number of hydrogen-bond donors (Lipinski definition) is 0. The zero-order chi connectivity index (χ0) is 13.0. The molecule has 2 aromatic rings. The van der Waals surface area contributed by atoms with Gasteiger partial charge in [-0.1, -0.05) is 6.07 Å². The first-order valence-electron chi connectivity index (χ1n) is 5.48. The maximum atomic E-state index is 11.8. The van der Waals surface area contributed by atoms with Crippen molar-refractivity contribution in [1.82, 2.24) is 4.57 Å². The largest absolute Gasteiger partial charge is 0.497 e. The first-order valence-corrected chi connectivity index (χ1v) is 5.48. The van der Waals surface area contributed by atoms with E-state index in [2.05, 4.69) is 0 Å². The Morgan fingerprint density at radius 3 is 2.94 bits per heavy atom. The lowest BCUT2D eigenvalue weighted by Crippen LogP contribution is -2.06. The molecule has 1 aromatic heterocycles. The maximum absolute atomic E-state index is 11.8. The van der Waals surface area contributed by atoms with Crippen molar-refractivity contribution in [2.24, 2.45) is 0 Å². The number of methoxy groups -OCH3 is 1. The topological polar surface area (TPSA) is 55.0 Å². The van der Waals surface area contributed by atoms with E-state index in [1.54, 1.807) is 30.0 Å². The molecule has 0 atom stereocenters. The van der Waals surface area contributed by atoms with Crippen molar-refractivity contribution in [3.05, 3.63) is 48.3 Å². The highest BCUT2D eigenvalue weighted by molar-refractivity contribution is 5.96. The number of aromatic nitrogens is 1. The van der Waals surface area contributed by atoms with Gasteiger partial charge in [0.25, 0.3) is 0 Å². The number of carbonyl (C=O) groups excluding carboxylic acids is 1. The predicted molar refractivity (Wildman–Crippen MR) is 66.9 cm³/mol. The SMILES string of the molecule is COc1cccc(-n2cccc2C(=O)CC#N)c1. The van der Waals surface area contributed by atoms with Gasteiger partial charge in [-0.3, -0.25) is 4.79 Å². The van der Waals surface area contributed by atoms with Gasteiger partial charge in [0.1, 0.15) is 12.2 Å². The summed E-state index contributed by atoms with van der Waals surface area (Å²) in [7, 11) is 1.59. The van der Waals surface area contributed by atoms with Gasteiger partial charge >= 0.3 is 0 Å². The van der Waals surface area contributed by atoms with Gasteiger partial charge in [0.15, 0.2) is 5.78 Å². The number of hydrogen-bond acceptors (Lipinski definition) is 3. The monoisotopic (exact) mass is 240 g/mol. The fourth-order valence-electron chi connectivity index (χ4n) is 1.76. The van der Waals surface area contributed by atoms with E-state index in [4.69, 9.17) is 10.00 Å². The molecule has 1 aromatic carbocycles. The molecular formula is C14H12N2O2. The molecule has 0 aliphatic heterocycles. The number of ether oxygens (including phenoxy) is 1. The molecule has 1 heterocycles. The minimum absolute atomic E-state index is 0.117. The third-order valence-corrected chi connectivity index (χ3v) is 2.61. The molecule has 0 saturated heterocycles. The summed E-state index contributed by atoms with van der Waals surface area (Å²) in [6, 6.07) is 12.8. The van der Waals surface area contributed by atoms with Crippen molar-refractivity contribution in [1.29, 1.82) is 5.26 Å². The highest BCUT2D eigenvalue weighted by Gasteiger charge is 2.11. The Kier molecular flexibility index (Phi) is 3.44. The Balaban J connectivity index is 2.42. The van der Waals surface area contributed by atoms with Crippen molar-refractivity contribution in [3.8, 4) is 17.5 Å². The van der Waals surface area contributed by atoms with Crippen molar-refractivity contribution in [2.45, 2.75) is 6.42 Å². The molecule has 0 aliphatic carbocycles. The van der Waals surface area contributed by atoms with Crippen LogP contribution in [0, 0.1) is 11.3 Å². The number of benzene rings is 1. The van der Waals surface area contributed by atoms with Gasteiger partial charge < -0.3 is 9.30 Å². The van der Waals surface area contributed by atoms with E-state index in [0.717, 1.165) is 11.4 Å². The van der Waals surface area contributed by atoms with Crippen LogP contribution in [0.5, 0.6) is 5.75 Å². The minimum atomic E-state index is -0.190. The fraction of sp³-hybridized carbons (Fsp3) is 0.143. The third-order valence-electron chi connectivity index (χ3n) is 2.61. The van der Waals surface area contributed by atoms with Crippen LogP contribution in [0.4, 0.5) is 0 Å². The molecule has 0 spiro atoms.